The van der Waals surface area contributed by atoms with Gasteiger partial charge in [0.05, 0.1) is 25.4 Å². The van der Waals surface area contributed by atoms with Crippen LogP contribution >= 0.6 is 0 Å². The third kappa shape index (κ3) is 26.0. The molecule has 0 saturated carbocycles. The number of amides is 1. The predicted octanol–water partition coefficient (Wildman–Crippen LogP) is 8.50. The van der Waals surface area contributed by atoms with E-state index in [1.54, 1.807) is 6.08 Å². The summed E-state index contributed by atoms with van der Waals surface area (Å²) < 4.78 is 11.2. The number of aliphatic hydroxyl groups excluding tert-OH is 5. The molecule has 7 atom stereocenters. The Balaban J connectivity index is 2.38. The first-order valence-electron chi connectivity index (χ1n) is 21.7. The molecule has 1 rings (SSSR count). The Kier molecular flexibility index (Phi) is 32.5. The van der Waals surface area contributed by atoms with Gasteiger partial charge in [-0.3, -0.25) is 4.79 Å². The molecular weight excluding hydrogens is 670 g/mol. The molecule has 7 unspecified atom stereocenters. The summed E-state index contributed by atoms with van der Waals surface area (Å²) in [4.78, 5) is 12.9. The molecule has 0 aromatic heterocycles. The van der Waals surface area contributed by atoms with Gasteiger partial charge in [0.1, 0.15) is 24.4 Å². The monoisotopic (exact) mass is 752 g/mol. The smallest absolute Gasteiger partial charge is 0.220 e. The highest BCUT2D eigenvalue weighted by atomic mass is 16.7. The Bertz CT molecular complexity index is 925. The number of carbonyl (C=O) groups excluding carboxylic acids is 1. The summed E-state index contributed by atoms with van der Waals surface area (Å²) in [5, 5.41) is 54.0. The van der Waals surface area contributed by atoms with Gasteiger partial charge in [0.2, 0.25) is 5.91 Å². The first kappa shape index (κ1) is 49.4. The molecule has 1 aliphatic rings. The van der Waals surface area contributed by atoms with Gasteiger partial charge >= 0.3 is 0 Å². The molecule has 1 amide bonds. The Morgan fingerprint density at radius 1 is 0.623 bits per heavy atom. The van der Waals surface area contributed by atoms with Gasteiger partial charge in [0, 0.05) is 6.42 Å². The molecule has 6 N–H and O–H groups in total. The second-order valence-electron chi connectivity index (χ2n) is 15.1. The van der Waals surface area contributed by atoms with Crippen LogP contribution in [0, 0.1) is 0 Å². The van der Waals surface area contributed by atoms with Crippen LogP contribution in [0.4, 0.5) is 0 Å². The number of hydrogen-bond donors (Lipinski definition) is 6. The zero-order valence-corrected chi connectivity index (χ0v) is 33.8. The summed E-state index contributed by atoms with van der Waals surface area (Å²) in [5.41, 5.74) is 0. The van der Waals surface area contributed by atoms with E-state index in [4.69, 9.17) is 9.47 Å². The summed E-state index contributed by atoms with van der Waals surface area (Å²) in [5.74, 6) is -0.192. The number of unbranched alkanes of at least 4 members (excludes halogenated alkanes) is 21. The van der Waals surface area contributed by atoms with E-state index in [1.165, 1.54) is 109 Å². The maximum absolute atomic E-state index is 12.9. The van der Waals surface area contributed by atoms with Crippen molar-refractivity contribution in [3.8, 4) is 0 Å². The van der Waals surface area contributed by atoms with Gasteiger partial charge in [0.15, 0.2) is 6.29 Å². The molecule has 0 bridgehead atoms. The van der Waals surface area contributed by atoms with Crippen molar-refractivity contribution in [2.24, 2.45) is 0 Å². The molecule has 9 nitrogen and oxygen atoms in total. The normalized spacial score (nSPS) is 22.0. The summed E-state index contributed by atoms with van der Waals surface area (Å²) >= 11 is 0. The third-order valence-electron chi connectivity index (χ3n) is 10.2. The van der Waals surface area contributed by atoms with Crippen LogP contribution < -0.4 is 5.32 Å². The molecule has 1 saturated heterocycles. The lowest BCUT2D eigenvalue weighted by Crippen LogP contribution is -2.60. The fraction of sp³-hybridized carbons (Fsp3) is 0.841. The maximum atomic E-state index is 12.9. The van der Waals surface area contributed by atoms with Crippen LogP contribution in [0.25, 0.3) is 0 Å². The molecule has 53 heavy (non-hydrogen) atoms. The molecule has 0 spiro atoms. The van der Waals surface area contributed by atoms with E-state index in [-0.39, 0.29) is 12.5 Å². The quantitative estimate of drug-likeness (QED) is 0.0279. The molecule has 0 aromatic rings. The average molecular weight is 752 g/mol. The Morgan fingerprint density at radius 2 is 1.08 bits per heavy atom. The van der Waals surface area contributed by atoms with Crippen molar-refractivity contribution in [1.82, 2.24) is 5.32 Å². The second-order valence-corrected chi connectivity index (χ2v) is 15.1. The van der Waals surface area contributed by atoms with Crippen molar-refractivity contribution >= 4 is 5.91 Å². The minimum Gasteiger partial charge on any atom is -0.394 e. The zero-order chi connectivity index (χ0) is 38.8. The van der Waals surface area contributed by atoms with Gasteiger partial charge in [-0.05, 0) is 38.5 Å². The first-order chi connectivity index (χ1) is 25.8. The molecule has 1 heterocycles. The van der Waals surface area contributed by atoms with E-state index in [9.17, 15) is 30.3 Å². The van der Waals surface area contributed by atoms with Gasteiger partial charge in [-0.15, -0.1) is 0 Å². The third-order valence-corrected chi connectivity index (χ3v) is 10.2. The lowest BCUT2D eigenvalue weighted by molar-refractivity contribution is -0.302. The molecule has 1 aliphatic heterocycles. The molecule has 310 valence electrons. The van der Waals surface area contributed by atoms with Gasteiger partial charge < -0.3 is 40.3 Å². The number of rotatable bonds is 35. The number of carbonyl (C=O) groups is 1. The topological polar surface area (TPSA) is 149 Å². The van der Waals surface area contributed by atoms with Crippen LogP contribution in [-0.2, 0) is 14.3 Å². The van der Waals surface area contributed by atoms with E-state index < -0.39 is 49.5 Å². The van der Waals surface area contributed by atoms with E-state index in [0.29, 0.717) is 6.42 Å². The van der Waals surface area contributed by atoms with Crippen molar-refractivity contribution in [2.75, 3.05) is 13.2 Å². The van der Waals surface area contributed by atoms with Crippen molar-refractivity contribution in [3.63, 3.8) is 0 Å². The van der Waals surface area contributed by atoms with Crippen LogP contribution in [0.5, 0.6) is 0 Å². The Hall–Kier alpha value is -1.59. The summed E-state index contributed by atoms with van der Waals surface area (Å²) in [6.45, 7) is 3.69. The van der Waals surface area contributed by atoms with Crippen molar-refractivity contribution in [1.29, 1.82) is 0 Å². The number of ether oxygens (including phenoxy) is 2. The Morgan fingerprint density at radius 3 is 1.57 bits per heavy atom. The minimum absolute atomic E-state index is 0.192. The van der Waals surface area contributed by atoms with Crippen LogP contribution in [0.15, 0.2) is 36.5 Å². The number of hydrogen-bond acceptors (Lipinski definition) is 8. The predicted molar refractivity (Wildman–Crippen MR) is 216 cm³/mol. The highest BCUT2D eigenvalue weighted by molar-refractivity contribution is 5.76. The highest BCUT2D eigenvalue weighted by Crippen LogP contribution is 2.22. The molecular formula is C44H81NO8. The van der Waals surface area contributed by atoms with E-state index >= 15 is 0 Å². The summed E-state index contributed by atoms with van der Waals surface area (Å²) in [7, 11) is 0. The van der Waals surface area contributed by atoms with Crippen molar-refractivity contribution in [2.45, 2.75) is 224 Å². The van der Waals surface area contributed by atoms with Crippen LogP contribution in [0.2, 0.25) is 0 Å². The average Bonchev–Trinajstić information content (AvgIpc) is 3.16. The number of aliphatic hydroxyl groups is 5. The van der Waals surface area contributed by atoms with Crippen LogP contribution in [0.1, 0.15) is 181 Å². The maximum Gasteiger partial charge on any atom is 0.220 e. The fourth-order valence-electron chi connectivity index (χ4n) is 6.64. The highest BCUT2D eigenvalue weighted by Gasteiger charge is 2.44. The SMILES string of the molecule is CCCC/C=C/CC/C=C/CC/C=C/C(O)C(COC1OC(CO)C(O)C(O)C1O)NC(=O)CCCCCCCCCCCCCCCCCCCC. The van der Waals surface area contributed by atoms with Gasteiger partial charge in [-0.1, -0.05) is 172 Å². The van der Waals surface area contributed by atoms with Gasteiger partial charge in [0.25, 0.3) is 0 Å². The molecule has 9 heteroatoms. The standard InChI is InChI=1S/C44H81NO8/c1-3-5-7-9-11-13-15-17-18-19-20-21-22-24-26-28-30-32-34-40(48)45-37(36-52-44-43(51)42(50)41(49)39(35-46)53-44)38(47)33-31-29-27-25-23-16-14-12-10-8-6-4-2/h10,12,23,25,31,33,37-39,41-44,46-47,49-51H,3-9,11,13-22,24,26-30,32,34-36H2,1-2H3,(H,45,48)/b12-10+,25-23+,33-31+. The van der Waals surface area contributed by atoms with Crippen LogP contribution in [-0.4, -0.2) is 87.5 Å². The summed E-state index contributed by atoms with van der Waals surface area (Å²) in [6.07, 6.45) is 34.8. The van der Waals surface area contributed by atoms with Crippen molar-refractivity contribution in [3.05, 3.63) is 36.5 Å². The van der Waals surface area contributed by atoms with Crippen LogP contribution in [0.3, 0.4) is 0 Å². The fourth-order valence-corrected chi connectivity index (χ4v) is 6.64. The lowest BCUT2D eigenvalue weighted by Gasteiger charge is -2.40. The Labute approximate surface area is 323 Å². The molecule has 0 radical (unpaired) electrons. The lowest BCUT2D eigenvalue weighted by atomic mass is 9.99. The zero-order valence-electron chi connectivity index (χ0n) is 33.8. The second kappa shape index (κ2) is 34.9. The van der Waals surface area contributed by atoms with Gasteiger partial charge in [-0.2, -0.15) is 0 Å². The largest absolute Gasteiger partial charge is 0.394 e. The number of nitrogens with one attached hydrogen (secondary N) is 1. The van der Waals surface area contributed by atoms with E-state index in [2.05, 4.69) is 43.5 Å². The first-order valence-corrected chi connectivity index (χ1v) is 21.7. The van der Waals surface area contributed by atoms with E-state index in [0.717, 1.165) is 51.4 Å². The molecule has 0 aliphatic carbocycles. The van der Waals surface area contributed by atoms with E-state index in [1.807, 2.05) is 6.08 Å². The molecule has 0 aromatic carbocycles. The molecule has 1 fully saturated rings. The van der Waals surface area contributed by atoms with Gasteiger partial charge in [-0.25, -0.2) is 0 Å². The summed E-state index contributed by atoms with van der Waals surface area (Å²) in [6, 6.07) is -0.822. The van der Waals surface area contributed by atoms with Crippen molar-refractivity contribution < 1.29 is 39.8 Å². The number of allylic oxidation sites excluding steroid dienone is 5. The minimum atomic E-state index is -1.57.